The van der Waals surface area contributed by atoms with Gasteiger partial charge in [-0.1, -0.05) is 24.3 Å². The Labute approximate surface area is 129 Å². The maximum Gasteiger partial charge on any atom is 0.326 e. The highest BCUT2D eigenvalue weighted by atomic mass is 32.2. The number of aryl methyl sites for hydroxylation is 1. The minimum absolute atomic E-state index is 0.115. The summed E-state index contributed by atoms with van der Waals surface area (Å²) in [6.07, 6.45) is 4.77. The van der Waals surface area contributed by atoms with E-state index in [4.69, 9.17) is 0 Å². The van der Waals surface area contributed by atoms with E-state index in [0.29, 0.717) is 12.8 Å². The molecule has 1 aromatic carbocycles. The highest BCUT2D eigenvalue weighted by molar-refractivity contribution is 7.98. The van der Waals surface area contributed by atoms with Crippen molar-refractivity contribution in [3.63, 3.8) is 0 Å². The van der Waals surface area contributed by atoms with Crippen molar-refractivity contribution in [3.05, 3.63) is 35.4 Å². The van der Waals surface area contributed by atoms with Crippen LogP contribution in [0.3, 0.4) is 0 Å². The summed E-state index contributed by atoms with van der Waals surface area (Å²) in [6, 6.07) is 7.38. The average Bonchev–Trinajstić information content (AvgIpc) is 2.50. The molecule has 0 aromatic heterocycles. The molecule has 0 saturated heterocycles. The van der Waals surface area contributed by atoms with E-state index in [1.54, 1.807) is 11.8 Å². The van der Waals surface area contributed by atoms with Crippen LogP contribution in [0.15, 0.2) is 24.3 Å². The molecule has 1 unspecified atom stereocenters. The van der Waals surface area contributed by atoms with Gasteiger partial charge in [-0.3, -0.25) is 4.79 Å². The van der Waals surface area contributed by atoms with Gasteiger partial charge in [0.15, 0.2) is 0 Å². The Balaban J connectivity index is 1.96. The van der Waals surface area contributed by atoms with E-state index in [1.165, 1.54) is 11.1 Å². The van der Waals surface area contributed by atoms with E-state index < -0.39 is 12.0 Å². The van der Waals surface area contributed by atoms with E-state index in [0.717, 1.165) is 18.6 Å². The number of carbonyl (C=O) groups is 2. The van der Waals surface area contributed by atoms with Gasteiger partial charge in [0.05, 0.1) is 0 Å². The first-order valence-corrected chi connectivity index (χ1v) is 8.60. The van der Waals surface area contributed by atoms with Crippen LogP contribution >= 0.6 is 11.8 Å². The van der Waals surface area contributed by atoms with Gasteiger partial charge in [-0.25, -0.2) is 4.79 Å². The van der Waals surface area contributed by atoms with Gasteiger partial charge < -0.3 is 10.4 Å². The summed E-state index contributed by atoms with van der Waals surface area (Å²) in [4.78, 5) is 23.5. The molecule has 1 amide bonds. The number of carbonyl (C=O) groups excluding carboxylic acids is 1. The smallest absolute Gasteiger partial charge is 0.326 e. The summed E-state index contributed by atoms with van der Waals surface area (Å²) in [7, 11) is 0. The van der Waals surface area contributed by atoms with Crippen LogP contribution in [0.2, 0.25) is 0 Å². The molecule has 0 radical (unpaired) electrons. The number of benzene rings is 1. The van der Waals surface area contributed by atoms with E-state index >= 15 is 0 Å². The molecule has 21 heavy (non-hydrogen) atoms. The lowest BCUT2D eigenvalue weighted by atomic mass is 9.83. The van der Waals surface area contributed by atoms with Crippen molar-refractivity contribution in [2.75, 3.05) is 12.0 Å². The second-order valence-electron chi connectivity index (χ2n) is 5.39. The number of hydrogen-bond acceptors (Lipinski definition) is 3. The first-order chi connectivity index (χ1) is 10.1. The molecular weight excluding hydrogens is 286 g/mol. The average molecular weight is 307 g/mol. The first-order valence-electron chi connectivity index (χ1n) is 7.20. The van der Waals surface area contributed by atoms with Gasteiger partial charge in [0.2, 0.25) is 5.91 Å². The zero-order valence-electron chi connectivity index (χ0n) is 12.2. The number of aliphatic carboxylic acids is 1. The largest absolute Gasteiger partial charge is 0.480 e. The van der Waals surface area contributed by atoms with E-state index in [2.05, 4.69) is 17.4 Å². The van der Waals surface area contributed by atoms with Crippen molar-refractivity contribution in [2.45, 2.75) is 31.7 Å². The molecule has 0 heterocycles. The van der Waals surface area contributed by atoms with Gasteiger partial charge in [-0.05, 0) is 48.8 Å². The standard InChI is InChI=1S/C16H21NO3S/c1-21-9-8-14(16(19)20)17-15(18)13-7-6-11-4-2-3-5-12(11)10-13/h2-5,13-14H,6-10H2,1H3,(H,17,18)(H,19,20)/t13?,14-/m1/s1. The van der Waals surface area contributed by atoms with Crippen LogP contribution < -0.4 is 5.32 Å². The molecule has 0 aliphatic heterocycles. The van der Waals surface area contributed by atoms with Gasteiger partial charge in [-0.15, -0.1) is 0 Å². The van der Waals surface area contributed by atoms with Gasteiger partial charge >= 0.3 is 5.97 Å². The van der Waals surface area contributed by atoms with E-state index in [1.807, 2.05) is 18.4 Å². The fourth-order valence-corrected chi connectivity index (χ4v) is 3.18. The molecule has 1 aromatic rings. The molecule has 2 N–H and O–H groups in total. The summed E-state index contributed by atoms with van der Waals surface area (Å²) < 4.78 is 0. The van der Waals surface area contributed by atoms with Crippen LogP contribution in [0.25, 0.3) is 0 Å². The van der Waals surface area contributed by atoms with Gasteiger partial charge in [0.25, 0.3) is 0 Å². The van der Waals surface area contributed by atoms with Crippen LogP contribution in [0.5, 0.6) is 0 Å². The fraction of sp³-hybridized carbons (Fsp3) is 0.500. The molecule has 0 fully saturated rings. The minimum atomic E-state index is -0.950. The number of amides is 1. The number of carboxylic acids is 1. The lowest BCUT2D eigenvalue weighted by Crippen LogP contribution is -2.45. The predicted molar refractivity (Wildman–Crippen MR) is 84.5 cm³/mol. The second-order valence-corrected chi connectivity index (χ2v) is 6.37. The lowest BCUT2D eigenvalue weighted by molar-refractivity contribution is -0.142. The van der Waals surface area contributed by atoms with E-state index in [-0.39, 0.29) is 11.8 Å². The maximum absolute atomic E-state index is 12.3. The van der Waals surface area contributed by atoms with Crippen LogP contribution in [0.1, 0.15) is 24.0 Å². The summed E-state index contributed by atoms with van der Waals surface area (Å²) >= 11 is 1.59. The maximum atomic E-state index is 12.3. The van der Waals surface area contributed by atoms with Crippen LogP contribution in [-0.4, -0.2) is 35.0 Å². The Kier molecular flexibility index (Phi) is 5.67. The van der Waals surface area contributed by atoms with Gasteiger partial charge in [-0.2, -0.15) is 11.8 Å². The number of fused-ring (bicyclic) bond motifs is 1. The molecule has 0 spiro atoms. The predicted octanol–water partition coefficient (Wildman–Crippen LogP) is 2.11. The molecule has 2 atom stereocenters. The number of nitrogens with one attached hydrogen (secondary N) is 1. The van der Waals surface area contributed by atoms with Crippen molar-refractivity contribution in [1.82, 2.24) is 5.32 Å². The Morgan fingerprint density at radius 3 is 2.76 bits per heavy atom. The summed E-state index contributed by atoms with van der Waals surface area (Å²) in [5, 5.41) is 11.9. The molecule has 0 saturated carbocycles. The molecule has 0 bridgehead atoms. The van der Waals surface area contributed by atoms with Crippen molar-refractivity contribution < 1.29 is 14.7 Å². The Hall–Kier alpha value is -1.49. The molecule has 114 valence electrons. The number of hydrogen-bond donors (Lipinski definition) is 2. The topological polar surface area (TPSA) is 66.4 Å². The third-order valence-corrected chi connectivity index (χ3v) is 4.59. The fourth-order valence-electron chi connectivity index (χ4n) is 2.70. The van der Waals surface area contributed by atoms with Gasteiger partial charge in [0.1, 0.15) is 6.04 Å². The SMILES string of the molecule is CSCC[C@@H](NC(=O)C1CCc2ccccc2C1)C(=O)O. The first kappa shape index (κ1) is 15.9. The number of rotatable bonds is 6. The van der Waals surface area contributed by atoms with Crippen LogP contribution in [0.4, 0.5) is 0 Å². The van der Waals surface area contributed by atoms with Crippen LogP contribution in [0, 0.1) is 5.92 Å². The second kappa shape index (κ2) is 7.50. The zero-order valence-corrected chi connectivity index (χ0v) is 13.0. The summed E-state index contributed by atoms with van der Waals surface area (Å²) in [6.45, 7) is 0. The molecule has 1 aliphatic carbocycles. The van der Waals surface area contributed by atoms with Crippen LogP contribution in [-0.2, 0) is 22.4 Å². The third kappa shape index (κ3) is 4.24. The van der Waals surface area contributed by atoms with E-state index in [9.17, 15) is 14.7 Å². The van der Waals surface area contributed by atoms with Crippen molar-refractivity contribution in [3.8, 4) is 0 Å². The Morgan fingerprint density at radius 2 is 2.10 bits per heavy atom. The van der Waals surface area contributed by atoms with Gasteiger partial charge in [0, 0.05) is 5.92 Å². The molecular formula is C16H21NO3S. The monoisotopic (exact) mass is 307 g/mol. The molecule has 5 heteroatoms. The number of thioether (sulfide) groups is 1. The highest BCUT2D eigenvalue weighted by Crippen LogP contribution is 2.25. The van der Waals surface area contributed by atoms with Crippen molar-refractivity contribution in [2.24, 2.45) is 5.92 Å². The minimum Gasteiger partial charge on any atom is -0.480 e. The quantitative estimate of drug-likeness (QED) is 0.845. The Bertz CT molecular complexity index is 518. The highest BCUT2D eigenvalue weighted by Gasteiger charge is 2.27. The third-order valence-electron chi connectivity index (χ3n) is 3.94. The molecule has 4 nitrogen and oxygen atoms in total. The molecule has 2 rings (SSSR count). The summed E-state index contributed by atoms with van der Waals surface area (Å²) in [5.41, 5.74) is 2.51. The molecule has 1 aliphatic rings. The Morgan fingerprint density at radius 1 is 1.38 bits per heavy atom. The number of carboxylic acid groups (broad SMARTS) is 1. The summed E-state index contributed by atoms with van der Waals surface area (Å²) in [5.74, 6) is -0.465. The van der Waals surface area contributed by atoms with Crippen molar-refractivity contribution in [1.29, 1.82) is 0 Å². The lowest BCUT2D eigenvalue weighted by Gasteiger charge is -2.25. The van der Waals surface area contributed by atoms with Crippen molar-refractivity contribution >= 4 is 23.6 Å². The zero-order chi connectivity index (χ0) is 15.2. The normalized spacial score (nSPS) is 18.6.